The summed E-state index contributed by atoms with van der Waals surface area (Å²) in [5.74, 6) is 2.25. The Morgan fingerprint density at radius 1 is 0.933 bits per heavy atom. The summed E-state index contributed by atoms with van der Waals surface area (Å²) in [6.45, 7) is 5.21. The number of aromatic amines is 1. The number of hydrogen-bond acceptors (Lipinski definition) is 4. The summed E-state index contributed by atoms with van der Waals surface area (Å²) in [5, 5.41) is 0. The van der Waals surface area contributed by atoms with Gasteiger partial charge in [0.15, 0.2) is 5.82 Å². The van der Waals surface area contributed by atoms with Gasteiger partial charge in [-0.1, -0.05) is 60.7 Å². The fourth-order valence-corrected chi connectivity index (χ4v) is 4.19. The molecule has 2 aromatic carbocycles. The highest BCUT2D eigenvalue weighted by Gasteiger charge is 2.27. The first kappa shape index (κ1) is 18.7. The lowest BCUT2D eigenvalue weighted by Gasteiger charge is -2.15. The molecule has 0 amide bonds. The molecule has 1 aliphatic rings. The highest BCUT2D eigenvalue weighted by molar-refractivity contribution is 5.62. The van der Waals surface area contributed by atoms with Crippen LogP contribution in [0.3, 0.4) is 0 Å². The second-order valence-electron chi connectivity index (χ2n) is 7.96. The maximum Gasteiger partial charge on any atom is 0.159 e. The van der Waals surface area contributed by atoms with Crippen molar-refractivity contribution in [2.24, 2.45) is 0 Å². The first-order valence-electron chi connectivity index (χ1n) is 10.5. The van der Waals surface area contributed by atoms with Crippen molar-refractivity contribution in [2.45, 2.75) is 25.8 Å². The van der Waals surface area contributed by atoms with Crippen molar-refractivity contribution in [2.75, 3.05) is 13.1 Å². The highest BCUT2D eigenvalue weighted by atomic mass is 15.2. The summed E-state index contributed by atoms with van der Waals surface area (Å²) in [5.41, 5.74) is 5.36. The Morgan fingerprint density at radius 3 is 2.37 bits per heavy atom. The third kappa shape index (κ3) is 3.89. The second kappa shape index (κ2) is 8.20. The Morgan fingerprint density at radius 2 is 1.63 bits per heavy atom. The quantitative estimate of drug-likeness (QED) is 0.526. The van der Waals surface area contributed by atoms with Crippen molar-refractivity contribution < 1.29 is 0 Å². The predicted molar refractivity (Wildman–Crippen MR) is 119 cm³/mol. The standard InChI is InChI=1S/C25H25N5/c1-18-23(22-14-26-24(27-15-22)20-10-6-3-7-11-20)29-25(28-18)21-12-13-30(17-21)16-19-8-4-2-5-9-19/h2-11,14-15,21H,12-13,16-17H2,1H3,(H,28,29). The number of H-pyrrole nitrogens is 1. The van der Waals surface area contributed by atoms with Crippen molar-refractivity contribution in [3.63, 3.8) is 0 Å². The molecule has 2 aromatic heterocycles. The van der Waals surface area contributed by atoms with Crippen LogP contribution in [-0.2, 0) is 6.54 Å². The molecule has 0 radical (unpaired) electrons. The van der Waals surface area contributed by atoms with E-state index in [0.717, 1.165) is 60.2 Å². The number of imidazole rings is 1. The van der Waals surface area contributed by atoms with E-state index in [1.807, 2.05) is 42.7 Å². The monoisotopic (exact) mass is 395 g/mol. The van der Waals surface area contributed by atoms with E-state index >= 15 is 0 Å². The van der Waals surface area contributed by atoms with E-state index in [-0.39, 0.29) is 0 Å². The van der Waals surface area contributed by atoms with E-state index in [1.165, 1.54) is 5.56 Å². The molecular formula is C25H25N5. The molecule has 0 spiro atoms. The van der Waals surface area contributed by atoms with E-state index in [9.17, 15) is 0 Å². The number of aryl methyl sites for hydroxylation is 1. The number of hydrogen-bond donors (Lipinski definition) is 1. The highest BCUT2D eigenvalue weighted by Crippen LogP contribution is 2.30. The van der Waals surface area contributed by atoms with Gasteiger partial charge in [0.2, 0.25) is 0 Å². The molecule has 0 bridgehead atoms. The largest absolute Gasteiger partial charge is 0.345 e. The van der Waals surface area contributed by atoms with Gasteiger partial charge in [0, 0.05) is 48.2 Å². The average Bonchev–Trinajstić information content (AvgIpc) is 3.42. The first-order valence-corrected chi connectivity index (χ1v) is 10.5. The topological polar surface area (TPSA) is 57.7 Å². The predicted octanol–water partition coefficient (Wildman–Crippen LogP) is 4.83. The number of benzene rings is 2. The molecule has 5 rings (SSSR count). The third-order valence-corrected chi connectivity index (χ3v) is 5.77. The van der Waals surface area contributed by atoms with E-state index in [1.54, 1.807) is 0 Å². The van der Waals surface area contributed by atoms with E-state index in [2.05, 4.69) is 57.1 Å². The van der Waals surface area contributed by atoms with Crippen LogP contribution in [0.2, 0.25) is 0 Å². The molecule has 4 aromatic rings. The van der Waals surface area contributed by atoms with E-state index in [4.69, 9.17) is 4.98 Å². The van der Waals surface area contributed by atoms with Crippen molar-refractivity contribution in [1.29, 1.82) is 0 Å². The zero-order valence-corrected chi connectivity index (χ0v) is 17.1. The fraction of sp³-hybridized carbons (Fsp3) is 0.240. The van der Waals surface area contributed by atoms with Crippen LogP contribution in [0.4, 0.5) is 0 Å². The van der Waals surface area contributed by atoms with Crippen molar-refractivity contribution in [3.8, 4) is 22.6 Å². The molecule has 3 heterocycles. The number of rotatable bonds is 5. The SMILES string of the molecule is Cc1[nH]c(C2CCN(Cc3ccccc3)C2)nc1-c1cnc(-c2ccccc2)nc1. The summed E-state index contributed by atoms with van der Waals surface area (Å²) in [6.07, 6.45) is 4.87. The van der Waals surface area contributed by atoms with Crippen LogP contribution in [-0.4, -0.2) is 37.9 Å². The Kier molecular flexibility index (Phi) is 5.11. The number of likely N-dealkylation sites (tertiary alicyclic amines) is 1. The molecule has 1 saturated heterocycles. The van der Waals surface area contributed by atoms with E-state index < -0.39 is 0 Å². The van der Waals surface area contributed by atoms with Crippen LogP contribution in [0.1, 0.15) is 29.4 Å². The second-order valence-corrected chi connectivity index (χ2v) is 7.96. The average molecular weight is 396 g/mol. The Labute approximate surface area is 176 Å². The Balaban J connectivity index is 1.30. The van der Waals surface area contributed by atoms with Crippen LogP contribution in [0.5, 0.6) is 0 Å². The van der Waals surface area contributed by atoms with Crippen LogP contribution in [0, 0.1) is 6.92 Å². The molecule has 1 N–H and O–H groups in total. The molecule has 1 aliphatic heterocycles. The van der Waals surface area contributed by atoms with Crippen LogP contribution >= 0.6 is 0 Å². The summed E-state index contributed by atoms with van der Waals surface area (Å²) in [7, 11) is 0. The van der Waals surface area contributed by atoms with Crippen LogP contribution < -0.4 is 0 Å². The molecule has 1 fully saturated rings. The normalized spacial score (nSPS) is 16.8. The van der Waals surface area contributed by atoms with Gasteiger partial charge in [-0.15, -0.1) is 0 Å². The van der Waals surface area contributed by atoms with Gasteiger partial charge in [0.25, 0.3) is 0 Å². The molecule has 30 heavy (non-hydrogen) atoms. The molecule has 150 valence electrons. The van der Waals surface area contributed by atoms with Gasteiger partial charge in [0.1, 0.15) is 5.82 Å². The third-order valence-electron chi connectivity index (χ3n) is 5.77. The minimum absolute atomic E-state index is 0.436. The van der Waals surface area contributed by atoms with E-state index in [0.29, 0.717) is 5.92 Å². The maximum atomic E-state index is 4.94. The summed E-state index contributed by atoms with van der Waals surface area (Å²) in [6, 6.07) is 20.7. The zero-order chi connectivity index (χ0) is 20.3. The van der Waals surface area contributed by atoms with Gasteiger partial charge < -0.3 is 4.98 Å². The van der Waals surface area contributed by atoms with Gasteiger partial charge >= 0.3 is 0 Å². The zero-order valence-electron chi connectivity index (χ0n) is 17.1. The van der Waals surface area contributed by atoms with Crippen molar-refractivity contribution >= 4 is 0 Å². The summed E-state index contributed by atoms with van der Waals surface area (Å²) >= 11 is 0. The fourth-order valence-electron chi connectivity index (χ4n) is 4.19. The van der Waals surface area contributed by atoms with Crippen LogP contribution in [0.15, 0.2) is 73.1 Å². The Hall–Kier alpha value is -3.31. The minimum Gasteiger partial charge on any atom is -0.345 e. The number of nitrogens with one attached hydrogen (secondary N) is 1. The van der Waals surface area contributed by atoms with Crippen molar-refractivity contribution in [1.82, 2.24) is 24.8 Å². The lowest BCUT2D eigenvalue weighted by Crippen LogP contribution is -2.19. The van der Waals surface area contributed by atoms with Crippen LogP contribution in [0.25, 0.3) is 22.6 Å². The lowest BCUT2D eigenvalue weighted by atomic mass is 10.1. The number of nitrogens with zero attached hydrogens (tertiary/aromatic N) is 4. The molecule has 5 nitrogen and oxygen atoms in total. The molecule has 1 unspecified atom stereocenters. The minimum atomic E-state index is 0.436. The lowest BCUT2D eigenvalue weighted by molar-refractivity contribution is 0.326. The molecule has 1 atom stereocenters. The maximum absolute atomic E-state index is 4.94. The smallest absolute Gasteiger partial charge is 0.159 e. The Bertz CT molecular complexity index is 1100. The van der Waals surface area contributed by atoms with Crippen molar-refractivity contribution in [3.05, 3.63) is 90.1 Å². The van der Waals surface area contributed by atoms with Gasteiger partial charge in [-0.25, -0.2) is 15.0 Å². The molecular weight excluding hydrogens is 370 g/mol. The van der Waals surface area contributed by atoms with Gasteiger partial charge in [-0.2, -0.15) is 0 Å². The molecule has 5 heteroatoms. The van der Waals surface area contributed by atoms with Gasteiger partial charge in [-0.3, -0.25) is 4.90 Å². The molecule has 0 aliphatic carbocycles. The first-order chi connectivity index (χ1) is 14.8. The van der Waals surface area contributed by atoms with Gasteiger partial charge in [0.05, 0.1) is 5.69 Å². The number of aromatic nitrogens is 4. The summed E-state index contributed by atoms with van der Waals surface area (Å²) in [4.78, 5) is 20.1. The molecule has 0 saturated carbocycles. The summed E-state index contributed by atoms with van der Waals surface area (Å²) < 4.78 is 0. The van der Waals surface area contributed by atoms with Gasteiger partial charge in [-0.05, 0) is 25.5 Å².